The molecule has 1 amide bonds. The fourth-order valence-corrected chi connectivity index (χ4v) is 3.21. The number of imidazole rings is 1. The molecule has 0 saturated carbocycles. The van der Waals surface area contributed by atoms with E-state index in [1.807, 2.05) is 19.2 Å². The first-order valence-corrected chi connectivity index (χ1v) is 8.50. The van der Waals surface area contributed by atoms with Crippen molar-refractivity contribution in [3.63, 3.8) is 0 Å². The molecule has 1 N–H and O–H groups in total. The van der Waals surface area contributed by atoms with Crippen molar-refractivity contribution in [3.05, 3.63) is 47.8 Å². The monoisotopic (exact) mass is 328 g/mol. The molecule has 0 unspecified atom stereocenters. The summed E-state index contributed by atoms with van der Waals surface area (Å²) in [6.45, 7) is 6.31. The normalized spacial score (nSPS) is 16.8. The molecule has 6 heteroatoms. The number of aromatic nitrogens is 3. The van der Waals surface area contributed by atoms with Gasteiger partial charge in [-0.3, -0.25) is 9.78 Å². The van der Waals surface area contributed by atoms with Gasteiger partial charge in [0.05, 0.1) is 11.6 Å². The maximum atomic E-state index is 12.7. The number of carbonyl (C=O) groups is 1. The van der Waals surface area contributed by atoms with E-state index >= 15 is 0 Å². The van der Waals surface area contributed by atoms with Crippen LogP contribution in [-0.2, 0) is 11.3 Å². The standard InChI is InChI=1S/C18H24N4O2/c1-3-22-7-6-20-17(22)16(14-4-8-24-9-5-14)21-18(23)15-10-13(2)11-19-12-15/h6-7,10-12,14,16H,3-5,8-9H2,1-2H3,(H,21,23)/t16-/m1/s1. The second kappa shape index (κ2) is 7.57. The third-order valence-corrected chi connectivity index (χ3v) is 4.53. The number of amides is 1. The summed E-state index contributed by atoms with van der Waals surface area (Å²) >= 11 is 0. The summed E-state index contributed by atoms with van der Waals surface area (Å²) < 4.78 is 7.57. The quantitative estimate of drug-likeness (QED) is 0.915. The Morgan fingerprint density at radius 2 is 2.21 bits per heavy atom. The topological polar surface area (TPSA) is 69.0 Å². The first kappa shape index (κ1) is 16.6. The molecule has 0 radical (unpaired) electrons. The highest BCUT2D eigenvalue weighted by Crippen LogP contribution is 2.29. The predicted octanol–water partition coefficient (Wildman–Crippen LogP) is 2.50. The summed E-state index contributed by atoms with van der Waals surface area (Å²) in [4.78, 5) is 21.4. The largest absolute Gasteiger partial charge is 0.381 e. The summed E-state index contributed by atoms with van der Waals surface area (Å²) in [5.74, 6) is 1.14. The predicted molar refractivity (Wildman–Crippen MR) is 90.6 cm³/mol. The fraction of sp³-hybridized carbons (Fsp3) is 0.500. The second-order valence-electron chi connectivity index (χ2n) is 6.22. The molecule has 0 bridgehead atoms. The van der Waals surface area contributed by atoms with Gasteiger partial charge in [-0.05, 0) is 44.2 Å². The lowest BCUT2D eigenvalue weighted by atomic mass is 9.90. The number of hydrogen-bond acceptors (Lipinski definition) is 4. The first-order valence-electron chi connectivity index (χ1n) is 8.50. The van der Waals surface area contributed by atoms with Gasteiger partial charge in [-0.25, -0.2) is 4.98 Å². The highest BCUT2D eigenvalue weighted by Gasteiger charge is 2.30. The number of rotatable bonds is 5. The zero-order valence-electron chi connectivity index (χ0n) is 14.2. The van der Waals surface area contributed by atoms with Gasteiger partial charge >= 0.3 is 0 Å². The zero-order valence-corrected chi connectivity index (χ0v) is 14.2. The summed E-state index contributed by atoms with van der Waals surface area (Å²) in [6, 6.07) is 1.74. The molecule has 128 valence electrons. The van der Waals surface area contributed by atoms with Gasteiger partial charge in [-0.1, -0.05) is 0 Å². The molecule has 0 spiro atoms. The van der Waals surface area contributed by atoms with E-state index in [4.69, 9.17) is 4.74 Å². The van der Waals surface area contributed by atoms with Gasteiger partial charge in [-0.15, -0.1) is 0 Å². The number of hydrogen-bond donors (Lipinski definition) is 1. The van der Waals surface area contributed by atoms with Crippen molar-refractivity contribution in [2.24, 2.45) is 5.92 Å². The van der Waals surface area contributed by atoms with E-state index < -0.39 is 0 Å². The Hall–Kier alpha value is -2.21. The van der Waals surface area contributed by atoms with Crippen LogP contribution in [0.3, 0.4) is 0 Å². The van der Waals surface area contributed by atoms with Crippen molar-refractivity contribution in [2.75, 3.05) is 13.2 Å². The van der Waals surface area contributed by atoms with Crippen LogP contribution in [0, 0.1) is 12.8 Å². The first-order chi connectivity index (χ1) is 11.7. The zero-order chi connectivity index (χ0) is 16.9. The van der Waals surface area contributed by atoms with Gasteiger partial charge in [0.2, 0.25) is 0 Å². The summed E-state index contributed by atoms with van der Waals surface area (Å²) in [5.41, 5.74) is 1.56. The molecule has 1 saturated heterocycles. The Morgan fingerprint density at radius 3 is 2.92 bits per heavy atom. The molecule has 3 rings (SSSR count). The van der Waals surface area contributed by atoms with Crippen LogP contribution < -0.4 is 5.32 Å². The Labute approximate surface area is 142 Å². The van der Waals surface area contributed by atoms with Gasteiger partial charge in [0, 0.05) is 44.5 Å². The van der Waals surface area contributed by atoms with Gasteiger partial charge in [0.1, 0.15) is 5.82 Å². The van der Waals surface area contributed by atoms with E-state index in [2.05, 4.69) is 26.8 Å². The van der Waals surface area contributed by atoms with Gasteiger partial charge < -0.3 is 14.6 Å². The van der Waals surface area contributed by atoms with Crippen molar-refractivity contribution in [1.82, 2.24) is 19.9 Å². The van der Waals surface area contributed by atoms with Crippen LogP contribution in [0.2, 0.25) is 0 Å². The molecule has 6 nitrogen and oxygen atoms in total. The van der Waals surface area contributed by atoms with E-state index in [1.54, 1.807) is 18.6 Å². The van der Waals surface area contributed by atoms with Crippen LogP contribution >= 0.6 is 0 Å². The van der Waals surface area contributed by atoms with E-state index in [-0.39, 0.29) is 11.9 Å². The van der Waals surface area contributed by atoms with Crippen molar-refractivity contribution in [3.8, 4) is 0 Å². The minimum absolute atomic E-state index is 0.103. The Kier molecular flexibility index (Phi) is 5.25. The molecule has 1 aliphatic heterocycles. The highest BCUT2D eigenvalue weighted by molar-refractivity contribution is 5.94. The van der Waals surface area contributed by atoms with Crippen LogP contribution in [0.25, 0.3) is 0 Å². The molecule has 3 heterocycles. The molecular formula is C18H24N4O2. The number of carbonyl (C=O) groups excluding carboxylic acids is 1. The lowest BCUT2D eigenvalue weighted by molar-refractivity contribution is 0.0498. The molecular weight excluding hydrogens is 304 g/mol. The van der Waals surface area contributed by atoms with Crippen LogP contribution in [0.15, 0.2) is 30.9 Å². The number of nitrogens with zero attached hydrogens (tertiary/aromatic N) is 3. The number of pyridine rings is 1. The maximum Gasteiger partial charge on any atom is 0.253 e. The summed E-state index contributed by atoms with van der Waals surface area (Å²) in [6.07, 6.45) is 8.96. The van der Waals surface area contributed by atoms with Crippen LogP contribution in [0.5, 0.6) is 0 Å². The minimum atomic E-state index is -0.114. The third-order valence-electron chi connectivity index (χ3n) is 4.53. The second-order valence-corrected chi connectivity index (χ2v) is 6.22. The number of aryl methyl sites for hydroxylation is 2. The molecule has 2 aromatic heterocycles. The fourth-order valence-electron chi connectivity index (χ4n) is 3.21. The van der Waals surface area contributed by atoms with E-state index in [9.17, 15) is 4.79 Å². The molecule has 0 aliphatic carbocycles. The SMILES string of the molecule is CCn1ccnc1[C@H](NC(=O)c1cncc(C)c1)C1CCOCC1. The maximum absolute atomic E-state index is 12.7. The number of ether oxygens (including phenoxy) is 1. The molecule has 1 aliphatic rings. The molecule has 24 heavy (non-hydrogen) atoms. The van der Waals surface area contributed by atoms with E-state index in [0.29, 0.717) is 11.5 Å². The van der Waals surface area contributed by atoms with Crippen LogP contribution in [0.4, 0.5) is 0 Å². The van der Waals surface area contributed by atoms with Crippen LogP contribution in [0.1, 0.15) is 47.6 Å². The van der Waals surface area contributed by atoms with Crippen LogP contribution in [-0.4, -0.2) is 33.7 Å². The smallest absolute Gasteiger partial charge is 0.253 e. The lowest BCUT2D eigenvalue weighted by Crippen LogP contribution is -2.37. The summed E-state index contributed by atoms with van der Waals surface area (Å²) in [5, 5.41) is 3.19. The Bertz CT molecular complexity index is 692. The molecule has 1 atom stereocenters. The number of nitrogens with one attached hydrogen (secondary N) is 1. The van der Waals surface area contributed by atoms with Crippen molar-refractivity contribution < 1.29 is 9.53 Å². The Balaban J connectivity index is 1.85. The van der Waals surface area contributed by atoms with Crippen molar-refractivity contribution in [1.29, 1.82) is 0 Å². The van der Waals surface area contributed by atoms with Gasteiger partial charge in [0.15, 0.2) is 0 Å². The lowest BCUT2D eigenvalue weighted by Gasteiger charge is -2.31. The average molecular weight is 328 g/mol. The molecule has 2 aromatic rings. The summed E-state index contributed by atoms with van der Waals surface area (Å²) in [7, 11) is 0. The minimum Gasteiger partial charge on any atom is -0.381 e. The van der Waals surface area contributed by atoms with Gasteiger partial charge in [-0.2, -0.15) is 0 Å². The average Bonchev–Trinajstić information content (AvgIpc) is 3.08. The highest BCUT2D eigenvalue weighted by atomic mass is 16.5. The van der Waals surface area contributed by atoms with Crippen molar-refractivity contribution >= 4 is 5.91 Å². The van der Waals surface area contributed by atoms with E-state index in [1.165, 1.54) is 0 Å². The molecule has 0 aromatic carbocycles. The third kappa shape index (κ3) is 3.64. The van der Waals surface area contributed by atoms with E-state index in [0.717, 1.165) is 44.0 Å². The molecule has 1 fully saturated rings. The van der Waals surface area contributed by atoms with Gasteiger partial charge in [0.25, 0.3) is 5.91 Å². The Morgan fingerprint density at radius 1 is 1.42 bits per heavy atom. The van der Waals surface area contributed by atoms with Crippen molar-refractivity contribution in [2.45, 2.75) is 39.3 Å².